The van der Waals surface area contributed by atoms with Gasteiger partial charge in [0.1, 0.15) is 0 Å². The first-order valence-electron chi connectivity index (χ1n) is 8.99. The molecule has 1 atom stereocenters. The Hall–Kier alpha value is -1.71. The fraction of sp³-hybridized carbons (Fsp3) is 0.300. The van der Waals surface area contributed by atoms with Gasteiger partial charge in [0.15, 0.2) is 9.84 Å². The van der Waals surface area contributed by atoms with E-state index in [9.17, 15) is 18.0 Å². The lowest BCUT2D eigenvalue weighted by atomic mass is 10.1. The molecule has 0 spiro atoms. The van der Waals surface area contributed by atoms with E-state index in [0.29, 0.717) is 22.3 Å². The molecule has 0 bridgehead atoms. The molecule has 0 saturated heterocycles. The van der Waals surface area contributed by atoms with Gasteiger partial charge < -0.3 is 10.2 Å². The molecule has 1 N–H and O–H groups in total. The molecule has 0 fully saturated rings. The largest absolute Gasteiger partial charge is 0.326 e. The Morgan fingerprint density at radius 2 is 1.79 bits per heavy atom. The average Bonchev–Trinajstić information content (AvgIpc) is 2.97. The van der Waals surface area contributed by atoms with Gasteiger partial charge >= 0.3 is 0 Å². The van der Waals surface area contributed by atoms with Gasteiger partial charge in [-0.05, 0) is 55.3 Å². The molecule has 9 heteroatoms. The number of halogens is 2. The summed E-state index contributed by atoms with van der Waals surface area (Å²) in [5.74, 6) is -0.944. The van der Waals surface area contributed by atoms with Crippen molar-refractivity contribution >= 4 is 64.9 Å². The van der Waals surface area contributed by atoms with Crippen LogP contribution in [0.1, 0.15) is 25.8 Å². The Morgan fingerprint density at radius 1 is 1.14 bits per heavy atom. The fourth-order valence-electron chi connectivity index (χ4n) is 3.49. The van der Waals surface area contributed by atoms with E-state index in [4.69, 9.17) is 0 Å². The highest BCUT2D eigenvalue weighted by Crippen LogP contribution is 2.40. The summed E-state index contributed by atoms with van der Waals surface area (Å²) < 4.78 is 27.7. The van der Waals surface area contributed by atoms with Crippen LogP contribution in [0, 0.1) is 0 Å². The third-order valence-corrected chi connectivity index (χ3v) is 7.43. The van der Waals surface area contributed by atoms with Crippen LogP contribution in [0.2, 0.25) is 0 Å². The topological polar surface area (TPSA) is 83.6 Å². The van der Waals surface area contributed by atoms with Gasteiger partial charge in [0.05, 0.1) is 16.3 Å². The molecule has 2 aromatic carbocycles. The lowest BCUT2D eigenvalue weighted by Crippen LogP contribution is -2.34. The minimum absolute atomic E-state index is 0.0814. The zero-order chi connectivity index (χ0) is 21.3. The molecular formula is C20H20Br2N2O4S. The second kappa shape index (κ2) is 8.57. The smallest absolute Gasteiger partial charge is 0.225 e. The molecule has 0 aliphatic carbocycles. The van der Waals surface area contributed by atoms with Gasteiger partial charge in [0.25, 0.3) is 0 Å². The van der Waals surface area contributed by atoms with Crippen LogP contribution in [-0.2, 0) is 25.8 Å². The molecule has 0 saturated carbocycles. The van der Waals surface area contributed by atoms with Crippen LogP contribution in [0.5, 0.6) is 0 Å². The van der Waals surface area contributed by atoms with Crippen LogP contribution >= 0.6 is 31.9 Å². The summed E-state index contributed by atoms with van der Waals surface area (Å²) in [5.41, 5.74) is 1.83. The van der Waals surface area contributed by atoms with Gasteiger partial charge in [0, 0.05) is 34.0 Å². The first-order chi connectivity index (χ1) is 13.6. The zero-order valence-electron chi connectivity index (χ0n) is 15.9. The van der Waals surface area contributed by atoms with E-state index in [0.717, 1.165) is 10.0 Å². The van der Waals surface area contributed by atoms with Crippen molar-refractivity contribution in [3.05, 3.63) is 50.9 Å². The third kappa shape index (κ3) is 4.90. The molecule has 1 heterocycles. The van der Waals surface area contributed by atoms with Crippen molar-refractivity contribution in [3.63, 3.8) is 0 Å². The van der Waals surface area contributed by atoms with Gasteiger partial charge in [-0.2, -0.15) is 0 Å². The van der Waals surface area contributed by atoms with Crippen molar-refractivity contribution in [2.24, 2.45) is 0 Å². The number of hydrogen-bond acceptors (Lipinski definition) is 4. The molecule has 2 amide bonds. The zero-order valence-corrected chi connectivity index (χ0v) is 19.9. The second-order valence-electron chi connectivity index (χ2n) is 6.98. The van der Waals surface area contributed by atoms with E-state index in [-0.39, 0.29) is 34.9 Å². The molecule has 1 aliphatic rings. The summed E-state index contributed by atoms with van der Waals surface area (Å²) in [6.45, 7) is 3.31. The second-order valence-corrected chi connectivity index (χ2v) is 10.9. The van der Waals surface area contributed by atoms with Crippen molar-refractivity contribution in [2.75, 3.05) is 16.0 Å². The molecule has 3 rings (SSSR count). The maximum absolute atomic E-state index is 13.1. The molecule has 154 valence electrons. The number of benzene rings is 2. The number of amides is 2. The Bertz CT molecular complexity index is 1070. The Labute approximate surface area is 186 Å². The van der Waals surface area contributed by atoms with Gasteiger partial charge in [-0.15, -0.1) is 0 Å². The Kier molecular flexibility index (Phi) is 6.50. The van der Waals surface area contributed by atoms with E-state index in [1.165, 1.54) is 17.9 Å². The molecule has 0 aromatic heterocycles. The first kappa shape index (κ1) is 22.0. The standard InChI is InChI=1S/C20H20Br2N2O4S/c1-12-9-14-10-16(22)11-18(20(14)24(12)13(2)25)29(27,28)8-7-19(26)23-17-5-3-15(21)4-6-17/h3-6,10-12H,7-9H2,1-2H3,(H,23,26). The van der Waals surface area contributed by atoms with E-state index in [1.54, 1.807) is 24.3 Å². The van der Waals surface area contributed by atoms with Crippen molar-refractivity contribution in [1.82, 2.24) is 0 Å². The number of sulfone groups is 1. The highest BCUT2D eigenvalue weighted by Gasteiger charge is 2.35. The monoisotopic (exact) mass is 542 g/mol. The number of nitrogens with zero attached hydrogens (tertiary/aromatic N) is 1. The summed E-state index contributed by atoms with van der Waals surface area (Å²) in [6, 6.07) is 10.3. The molecule has 0 radical (unpaired) electrons. The fourth-order valence-corrected chi connectivity index (χ4v) is 5.91. The molecule has 6 nitrogen and oxygen atoms in total. The number of fused-ring (bicyclic) bond motifs is 1. The number of carbonyl (C=O) groups excluding carboxylic acids is 2. The van der Waals surface area contributed by atoms with Crippen molar-refractivity contribution in [3.8, 4) is 0 Å². The normalized spacial score (nSPS) is 15.9. The third-order valence-electron chi connectivity index (χ3n) is 4.72. The van der Waals surface area contributed by atoms with Gasteiger partial charge in [-0.1, -0.05) is 31.9 Å². The molecule has 2 aromatic rings. The SMILES string of the molecule is CC(=O)N1c2c(cc(Br)cc2S(=O)(=O)CCC(=O)Nc2ccc(Br)cc2)CC1C. The van der Waals surface area contributed by atoms with E-state index < -0.39 is 9.84 Å². The van der Waals surface area contributed by atoms with Crippen LogP contribution in [0.15, 0.2) is 50.2 Å². The first-order valence-corrected chi connectivity index (χ1v) is 12.2. The van der Waals surface area contributed by atoms with Crippen molar-refractivity contribution in [2.45, 2.75) is 37.6 Å². The number of nitrogens with one attached hydrogen (secondary N) is 1. The van der Waals surface area contributed by atoms with Crippen LogP contribution in [0.4, 0.5) is 11.4 Å². The Balaban J connectivity index is 1.82. The average molecular weight is 544 g/mol. The van der Waals surface area contributed by atoms with Crippen LogP contribution in [0.25, 0.3) is 0 Å². The summed E-state index contributed by atoms with van der Waals surface area (Å²) >= 11 is 6.68. The molecular weight excluding hydrogens is 524 g/mol. The highest BCUT2D eigenvalue weighted by molar-refractivity contribution is 9.10. The quantitative estimate of drug-likeness (QED) is 0.609. The number of hydrogen-bond donors (Lipinski definition) is 1. The highest BCUT2D eigenvalue weighted by atomic mass is 79.9. The van der Waals surface area contributed by atoms with Crippen LogP contribution < -0.4 is 10.2 Å². The maximum Gasteiger partial charge on any atom is 0.225 e. The van der Waals surface area contributed by atoms with E-state index in [2.05, 4.69) is 37.2 Å². The van der Waals surface area contributed by atoms with Gasteiger partial charge in [0.2, 0.25) is 11.8 Å². The minimum atomic E-state index is -3.78. The Morgan fingerprint density at radius 3 is 2.41 bits per heavy atom. The molecule has 1 aliphatic heterocycles. The van der Waals surface area contributed by atoms with Crippen LogP contribution in [-0.4, -0.2) is 32.0 Å². The molecule has 1 unspecified atom stereocenters. The van der Waals surface area contributed by atoms with E-state index >= 15 is 0 Å². The summed E-state index contributed by atoms with van der Waals surface area (Å²) in [5, 5.41) is 2.69. The summed E-state index contributed by atoms with van der Waals surface area (Å²) in [4.78, 5) is 26.0. The summed E-state index contributed by atoms with van der Waals surface area (Å²) in [7, 11) is -3.78. The van der Waals surface area contributed by atoms with Crippen molar-refractivity contribution in [1.29, 1.82) is 0 Å². The van der Waals surface area contributed by atoms with E-state index in [1.807, 2.05) is 13.0 Å². The predicted molar refractivity (Wildman–Crippen MR) is 120 cm³/mol. The number of carbonyl (C=O) groups is 2. The lowest BCUT2D eigenvalue weighted by molar-refractivity contribution is -0.117. The maximum atomic E-state index is 13.1. The number of anilines is 2. The van der Waals surface area contributed by atoms with Gasteiger partial charge in [-0.25, -0.2) is 8.42 Å². The summed E-state index contributed by atoms with van der Waals surface area (Å²) in [6.07, 6.45) is 0.399. The number of rotatable bonds is 5. The predicted octanol–water partition coefficient (Wildman–Crippen LogP) is 4.31. The minimum Gasteiger partial charge on any atom is -0.326 e. The lowest BCUT2D eigenvalue weighted by Gasteiger charge is -2.23. The van der Waals surface area contributed by atoms with Crippen molar-refractivity contribution < 1.29 is 18.0 Å². The van der Waals surface area contributed by atoms with Gasteiger partial charge in [-0.3, -0.25) is 9.59 Å². The molecule has 29 heavy (non-hydrogen) atoms. The van der Waals surface area contributed by atoms with Crippen LogP contribution in [0.3, 0.4) is 0 Å².